The van der Waals surface area contributed by atoms with Crippen molar-refractivity contribution in [3.8, 4) is 11.1 Å². The molecule has 3 aromatic rings. The summed E-state index contributed by atoms with van der Waals surface area (Å²) in [5.41, 5.74) is 4.09. The molecule has 1 fully saturated rings. The van der Waals surface area contributed by atoms with Crippen LogP contribution in [0.3, 0.4) is 0 Å². The summed E-state index contributed by atoms with van der Waals surface area (Å²) in [6.07, 6.45) is 0. The molecule has 0 N–H and O–H groups in total. The van der Waals surface area contributed by atoms with Crippen LogP contribution in [0.25, 0.3) is 11.1 Å². The highest BCUT2D eigenvalue weighted by atomic mass is 19.1. The maximum Gasteiger partial charge on any atom is 0.142 e. The Kier molecular flexibility index (Phi) is 3.05. The van der Waals surface area contributed by atoms with E-state index in [2.05, 4.69) is 36.4 Å². The second kappa shape index (κ2) is 5.08. The highest BCUT2D eigenvalue weighted by Crippen LogP contribution is 2.45. The molecule has 2 heteroatoms. The molecule has 1 aliphatic heterocycles. The molecule has 22 heavy (non-hydrogen) atoms. The summed E-state index contributed by atoms with van der Waals surface area (Å²) in [7, 11) is 0. The fraction of sp³-hybridized carbons (Fsp3) is 0.100. The molecule has 108 valence electrons. The highest BCUT2D eigenvalue weighted by molar-refractivity contribution is 5.64. The smallest absolute Gasteiger partial charge is 0.142 e. The second-order valence-electron chi connectivity index (χ2n) is 5.57. The molecule has 0 bridgehead atoms. The third-order valence-electron chi connectivity index (χ3n) is 4.20. The quantitative estimate of drug-likeness (QED) is 0.633. The van der Waals surface area contributed by atoms with Crippen LogP contribution in [0, 0.1) is 5.82 Å². The highest BCUT2D eigenvalue weighted by Gasteiger charge is 2.48. The molecule has 0 spiro atoms. The molecule has 0 amide bonds. The van der Waals surface area contributed by atoms with Gasteiger partial charge in [-0.05, 0) is 34.4 Å². The molecule has 1 heterocycles. The van der Waals surface area contributed by atoms with E-state index in [9.17, 15) is 4.39 Å². The summed E-state index contributed by atoms with van der Waals surface area (Å²) in [4.78, 5) is 0. The molecule has 3 aromatic carbocycles. The van der Waals surface area contributed by atoms with Crippen LogP contribution in [0.15, 0.2) is 78.9 Å². The number of halogens is 1. The zero-order valence-electron chi connectivity index (χ0n) is 12.0. The van der Waals surface area contributed by atoms with Crippen LogP contribution in [0.1, 0.15) is 11.1 Å². The van der Waals surface area contributed by atoms with Gasteiger partial charge >= 0.3 is 0 Å². The van der Waals surface area contributed by atoms with Gasteiger partial charge in [-0.25, -0.2) is 4.39 Å². The number of hydrogen-bond donors (Lipinski definition) is 0. The Labute approximate surface area is 129 Å². The van der Waals surface area contributed by atoms with E-state index in [4.69, 9.17) is 4.74 Å². The molecule has 1 aliphatic rings. The monoisotopic (exact) mass is 290 g/mol. The topological polar surface area (TPSA) is 12.5 Å². The van der Waals surface area contributed by atoms with Crippen molar-refractivity contribution in [1.29, 1.82) is 0 Å². The van der Waals surface area contributed by atoms with Crippen LogP contribution in [-0.4, -0.2) is 6.61 Å². The summed E-state index contributed by atoms with van der Waals surface area (Å²) in [6, 6.07) is 25.2. The van der Waals surface area contributed by atoms with Gasteiger partial charge in [0.05, 0.1) is 6.61 Å². The van der Waals surface area contributed by atoms with Crippen molar-refractivity contribution in [2.45, 2.75) is 5.60 Å². The predicted molar refractivity (Wildman–Crippen MR) is 85.0 cm³/mol. The van der Waals surface area contributed by atoms with E-state index in [1.165, 1.54) is 23.3 Å². The number of benzene rings is 3. The standard InChI is InChI=1S/C20H15FO/c21-19-12-10-18(11-13-19)20(14-22-20)17-8-6-16(7-9-17)15-4-2-1-3-5-15/h1-13H,14H2/t20-/m0/s1. The van der Waals surface area contributed by atoms with Crippen molar-refractivity contribution in [3.63, 3.8) is 0 Å². The first-order valence-corrected chi connectivity index (χ1v) is 7.34. The predicted octanol–water partition coefficient (Wildman–Crippen LogP) is 4.77. The molecule has 1 atom stereocenters. The van der Waals surface area contributed by atoms with Gasteiger partial charge in [0.1, 0.15) is 11.4 Å². The Balaban J connectivity index is 1.67. The molecule has 0 radical (unpaired) electrons. The summed E-state index contributed by atoms with van der Waals surface area (Å²) >= 11 is 0. The Morgan fingerprint density at radius 1 is 0.682 bits per heavy atom. The van der Waals surface area contributed by atoms with E-state index < -0.39 is 5.60 Å². The fourth-order valence-corrected chi connectivity index (χ4v) is 2.85. The Bertz CT molecular complexity index is 772. The lowest BCUT2D eigenvalue weighted by molar-refractivity contribution is 0.349. The SMILES string of the molecule is Fc1ccc([C@@]2(c3ccc(-c4ccccc4)cc3)CO2)cc1. The van der Waals surface area contributed by atoms with E-state index in [1.54, 1.807) is 12.1 Å². The minimum Gasteiger partial charge on any atom is -0.359 e. The van der Waals surface area contributed by atoms with Crippen molar-refractivity contribution >= 4 is 0 Å². The lowest BCUT2D eigenvalue weighted by Gasteiger charge is -2.13. The number of epoxide rings is 1. The third kappa shape index (κ3) is 2.22. The van der Waals surface area contributed by atoms with Gasteiger partial charge in [-0.3, -0.25) is 0 Å². The number of hydrogen-bond acceptors (Lipinski definition) is 1. The van der Waals surface area contributed by atoms with Gasteiger partial charge in [0.15, 0.2) is 0 Å². The van der Waals surface area contributed by atoms with E-state index in [1.807, 2.05) is 18.2 Å². The largest absolute Gasteiger partial charge is 0.359 e. The van der Waals surface area contributed by atoms with Crippen LogP contribution in [0.5, 0.6) is 0 Å². The molecule has 0 unspecified atom stereocenters. The molecule has 0 aliphatic carbocycles. The molecular formula is C20H15FO. The van der Waals surface area contributed by atoms with Crippen molar-refractivity contribution in [1.82, 2.24) is 0 Å². The van der Waals surface area contributed by atoms with Gasteiger partial charge in [-0.2, -0.15) is 0 Å². The van der Waals surface area contributed by atoms with Crippen LogP contribution >= 0.6 is 0 Å². The van der Waals surface area contributed by atoms with Gasteiger partial charge in [0.25, 0.3) is 0 Å². The lowest BCUT2D eigenvalue weighted by atomic mass is 9.90. The molecule has 1 saturated heterocycles. The van der Waals surface area contributed by atoms with Crippen LogP contribution in [0.2, 0.25) is 0 Å². The van der Waals surface area contributed by atoms with E-state index >= 15 is 0 Å². The first-order chi connectivity index (χ1) is 10.8. The van der Waals surface area contributed by atoms with Crippen molar-refractivity contribution in [3.05, 3.63) is 95.8 Å². The van der Waals surface area contributed by atoms with Gasteiger partial charge in [0, 0.05) is 0 Å². The van der Waals surface area contributed by atoms with Gasteiger partial charge < -0.3 is 4.74 Å². The average molecular weight is 290 g/mol. The van der Waals surface area contributed by atoms with Gasteiger partial charge in [0.2, 0.25) is 0 Å². The number of rotatable bonds is 3. The summed E-state index contributed by atoms with van der Waals surface area (Å²) < 4.78 is 18.8. The maximum absolute atomic E-state index is 13.1. The third-order valence-corrected chi connectivity index (χ3v) is 4.20. The average Bonchev–Trinajstić information content (AvgIpc) is 3.38. The van der Waals surface area contributed by atoms with E-state index in [0.29, 0.717) is 6.61 Å². The summed E-state index contributed by atoms with van der Waals surface area (Å²) in [5.74, 6) is -0.223. The zero-order valence-corrected chi connectivity index (χ0v) is 12.0. The second-order valence-corrected chi connectivity index (χ2v) is 5.57. The Morgan fingerprint density at radius 2 is 1.18 bits per heavy atom. The molecule has 0 aromatic heterocycles. The normalized spacial score (nSPS) is 19.9. The summed E-state index contributed by atoms with van der Waals surface area (Å²) in [5, 5.41) is 0. The van der Waals surface area contributed by atoms with Crippen molar-refractivity contribution < 1.29 is 9.13 Å². The molecular weight excluding hydrogens is 275 g/mol. The first-order valence-electron chi connectivity index (χ1n) is 7.34. The summed E-state index contributed by atoms with van der Waals surface area (Å²) in [6.45, 7) is 0.642. The first kappa shape index (κ1) is 13.2. The van der Waals surface area contributed by atoms with Gasteiger partial charge in [-0.15, -0.1) is 0 Å². The van der Waals surface area contributed by atoms with E-state index in [0.717, 1.165) is 11.1 Å². The van der Waals surface area contributed by atoms with Crippen molar-refractivity contribution in [2.24, 2.45) is 0 Å². The molecule has 1 nitrogen and oxygen atoms in total. The van der Waals surface area contributed by atoms with Crippen molar-refractivity contribution in [2.75, 3.05) is 6.61 Å². The zero-order chi connectivity index (χ0) is 15.0. The minimum absolute atomic E-state index is 0.223. The van der Waals surface area contributed by atoms with Crippen LogP contribution in [-0.2, 0) is 10.3 Å². The van der Waals surface area contributed by atoms with Crippen LogP contribution < -0.4 is 0 Å². The Hall–Kier alpha value is -2.45. The molecule has 4 rings (SSSR count). The lowest BCUT2D eigenvalue weighted by Crippen LogP contribution is -2.10. The number of ether oxygens (including phenoxy) is 1. The molecule has 0 saturated carbocycles. The van der Waals surface area contributed by atoms with Crippen LogP contribution in [0.4, 0.5) is 4.39 Å². The minimum atomic E-state index is -0.400. The maximum atomic E-state index is 13.1. The van der Waals surface area contributed by atoms with Gasteiger partial charge in [-0.1, -0.05) is 66.7 Å². The fourth-order valence-electron chi connectivity index (χ4n) is 2.85. The van der Waals surface area contributed by atoms with E-state index in [-0.39, 0.29) is 5.82 Å². The Morgan fingerprint density at radius 3 is 1.73 bits per heavy atom.